The molecule has 0 aromatic carbocycles. The predicted molar refractivity (Wildman–Crippen MR) is 135 cm³/mol. The lowest BCUT2D eigenvalue weighted by atomic mass is 9.46. The lowest BCUT2D eigenvalue weighted by Gasteiger charge is -2.58. The van der Waals surface area contributed by atoms with Crippen LogP contribution in [-0.4, -0.2) is 34.3 Å². The molecule has 0 amide bonds. The molecule has 0 spiro atoms. The molecule has 0 radical (unpaired) electrons. The number of ketones is 2. The number of aliphatic hydroxyl groups is 1. The molecule has 0 aliphatic heterocycles. The Morgan fingerprint density at radius 1 is 1.14 bits per heavy atom. The number of rotatable bonds is 5. The van der Waals surface area contributed by atoms with Crippen molar-refractivity contribution in [3.05, 3.63) is 23.8 Å². The Morgan fingerprint density at radius 2 is 1.83 bits per heavy atom. The van der Waals surface area contributed by atoms with Gasteiger partial charge in [0.15, 0.2) is 5.78 Å². The second kappa shape index (κ2) is 8.97. The maximum Gasteiger partial charge on any atom is 0.302 e. The van der Waals surface area contributed by atoms with Crippen molar-refractivity contribution >= 4 is 17.5 Å². The van der Waals surface area contributed by atoms with Crippen LogP contribution in [-0.2, 0) is 19.1 Å². The summed E-state index contributed by atoms with van der Waals surface area (Å²) in [5.74, 6) is 0.711. The first-order valence-electron chi connectivity index (χ1n) is 13.5. The quantitative estimate of drug-likeness (QED) is 0.414. The van der Waals surface area contributed by atoms with E-state index in [1.165, 1.54) is 12.5 Å². The van der Waals surface area contributed by atoms with Crippen LogP contribution in [0.1, 0.15) is 87.0 Å². The third-order valence-corrected chi connectivity index (χ3v) is 10.5. The van der Waals surface area contributed by atoms with E-state index in [1.807, 2.05) is 26.8 Å². The Kier molecular flexibility index (Phi) is 6.75. The smallest absolute Gasteiger partial charge is 0.302 e. The molecule has 5 nitrogen and oxygen atoms in total. The number of hydrogen-bond acceptors (Lipinski definition) is 5. The molecule has 0 aromatic rings. The fourth-order valence-corrected chi connectivity index (χ4v) is 8.19. The van der Waals surface area contributed by atoms with Crippen LogP contribution in [0.3, 0.4) is 0 Å². The molecule has 0 unspecified atom stereocenters. The number of fused-ring (bicyclic) bond motifs is 5. The molecule has 4 aliphatic rings. The van der Waals surface area contributed by atoms with Crippen molar-refractivity contribution in [2.45, 2.75) is 98.7 Å². The first kappa shape index (κ1) is 26.3. The highest BCUT2D eigenvalue weighted by Gasteiger charge is 2.63. The minimum atomic E-state index is -0.766. The van der Waals surface area contributed by atoms with E-state index in [4.69, 9.17) is 4.74 Å². The van der Waals surface area contributed by atoms with Crippen molar-refractivity contribution in [1.29, 1.82) is 0 Å². The van der Waals surface area contributed by atoms with E-state index in [1.54, 1.807) is 0 Å². The number of hydrogen-bond donors (Lipinski definition) is 1. The third-order valence-electron chi connectivity index (χ3n) is 10.5. The predicted octanol–water partition coefficient (Wildman–Crippen LogP) is 5.45. The largest absolute Gasteiger partial charge is 0.462 e. The molecule has 3 fully saturated rings. The Hall–Kier alpha value is -1.75. The number of carbonyl (C=O) groups is 3. The van der Waals surface area contributed by atoms with Crippen LogP contribution < -0.4 is 0 Å². The van der Waals surface area contributed by atoms with E-state index in [0.29, 0.717) is 31.1 Å². The van der Waals surface area contributed by atoms with E-state index < -0.39 is 5.60 Å². The van der Waals surface area contributed by atoms with Crippen molar-refractivity contribution in [2.75, 3.05) is 0 Å². The molecular weight excluding hydrogens is 440 g/mol. The van der Waals surface area contributed by atoms with Gasteiger partial charge in [0.1, 0.15) is 11.9 Å². The number of Topliss-reactive ketones (excluding diaryl/α,β-unsaturated/α-hetero) is 1. The Balaban J connectivity index is 1.70. The lowest BCUT2D eigenvalue weighted by molar-refractivity contribution is -0.165. The highest BCUT2D eigenvalue weighted by Crippen LogP contribution is 2.66. The van der Waals surface area contributed by atoms with Crippen molar-refractivity contribution in [1.82, 2.24) is 0 Å². The highest BCUT2D eigenvalue weighted by molar-refractivity contribution is 5.98. The van der Waals surface area contributed by atoms with Gasteiger partial charge in [-0.25, -0.2) is 0 Å². The van der Waals surface area contributed by atoms with Gasteiger partial charge in [-0.15, -0.1) is 0 Å². The SMILES string of the molecule is CC(=O)O[C@@H]1C[C@]2(C)[C@@H]([C@H](C)/C=C/[C@H](C)C(C)(C)O)CC[C@H]2C2=CC(=O)[C@H]3CC(=O)CC[C@]3(C)[C@H]21. The van der Waals surface area contributed by atoms with Crippen LogP contribution in [0.4, 0.5) is 0 Å². The maximum atomic E-state index is 13.4. The van der Waals surface area contributed by atoms with E-state index in [0.717, 1.165) is 19.3 Å². The molecule has 194 valence electrons. The second-order valence-corrected chi connectivity index (χ2v) is 13.1. The van der Waals surface area contributed by atoms with E-state index in [2.05, 4.69) is 32.9 Å². The van der Waals surface area contributed by atoms with Crippen LogP contribution in [0, 0.1) is 46.3 Å². The molecular formula is C30H44O5. The summed E-state index contributed by atoms with van der Waals surface area (Å²) in [4.78, 5) is 37.9. The molecule has 5 heteroatoms. The van der Waals surface area contributed by atoms with E-state index >= 15 is 0 Å². The summed E-state index contributed by atoms with van der Waals surface area (Å²) in [6.07, 6.45) is 10.3. The highest BCUT2D eigenvalue weighted by atomic mass is 16.5. The van der Waals surface area contributed by atoms with Crippen LogP contribution in [0.2, 0.25) is 0 Å². The van der Waals surface area contributed by atoms with Gasteiger partial charge in [-0.3, -0.25) is 14.4 Å². The van der Waals surface area contributed by atoms with Gasteiger partial charge in [0, 0.05) is 37.5 Å². The molecule has 0 bridgehead atoms. The van der Waals surface area contributed by atoms with Crippen LogP contribution in [0.25, 0.3) is 0 Å². The van der Waals surface area contributed by atoms with Gasteiger partial charge >= 0.3 is 5.97 Å². The Labute approximate surface area is 210 Å². The average molecular weight is 485 g/mol. The van der Waals surface area contributed by atoms with Gasteiger partial charge < -0.3 is 9.84 Å². The van der Waals surface area contributed by atoms with Crippen LogP contribution in [0.5, 0.6) is 0 Å². The Bertz CT molecular complexity index is 954. The molecule has 35 heavy (non-hydrogen) atoms. The summed E-state index contributed by atoms with van der Waals surface area (Å²) in [6.45, 7) is 13.9. The van der Waals surface area contributed by atoms with E-state index in [9.17, 15) is 19.5 Å². The molecule has 0 aromatic heterocycles. The summed E-state index contributed by atoms with van der Waals surface area (Å²) in [6, 6.07) is 0. The molecule has 3 saturated carbocycles. The summed E-state index contributed by atoms with van der Waals surface area (Å²) < 4.78 is 6.05. The van der Waals surface area contributed by atoms with Gasteiger partial charge in [-0.2, -0.15) is 0 Å². The third kappa shape index (κ3) is 4.47. The number of allylic oxidation sites excluding steroid dienone is 2. The normalized spacial score (nSPS) is 41.0. The fraction of sp³-hybridized carbons (Fsp3) is 0.767. The van der Waals surface area contributed by atoms with Gasteiger partial charge in [0.25, 0.3) is 0 Å². The monoisotopic (exact) mass is 484 g/mol. The number of ether oxygens (including phenoxy) is 1. The molecule has 4 rings (SSSR count). The Morgan fingerprint density at radius 3 is 2.46 bits per heavy atom. The van der Waals surface area contributed by atoms with Gasteiger partial charge in [0.2, 0.25) is 0 Å². The minimum absolute atomic E-state index is 0.0000773. The number of carbonyl (C=O) groups excluding carboxylic acids is 3. The first-order chi connectivity index (χ1) is 16.2. The molecule has 0 saturated heterocycles. The van der Waals surface area contributed by atoms with Crippen LogP contribution in [0.15, 0.2) is 23.8 Å². The summed E-state index contributed by atoms with van der Waals surface area (Å²) >= 11 is 0. The van der Waals surface area contributed by atoms with Gasteiger partial charge in [0.05, 0.1) is 5.60 Å². The standard InChI is InChI=1S/C30H44O5/c1-17(8-9-18(2)28(4,5)34)22-10-11-23-21-15-25(33)24-14-20(32)12-13-29(24,6)27(21)26(35-19(3)31)16-30(22,23)7/h8-9,15,17-18,22-24,26-27,34H,10-14,16H2,1-7H3/b9-8+/t17-,18+,22-,23+,24-,26-,27-,29+,30-/m1/s1. The molecule has 0 heterocycles. The van der Waals surface area contributed by atoms with E-state index in [-0.39, 0.29) is 58.1 Å². The molecule has 4 aliphatic carbocycles. The summed E-state index contributed by atoms with van der Waals surface area (Å²) in [5, 5.41) is 10.4. The van der Waals surface area contributed by atoms with Crippen molar-refractivity contribution in [3.63, 3.8) is 0 Å². The first-order valence-corrected chi connectivity index (χ1v) is 13.5. The van der Waals surface area contributed by atoms with Gasteiger partial charge in [-0.05, 0) is 74.2 Å². The summed E-state index contributed by atoms with van der Waals surface area (Å²) in [7, 11) is 0. The topological polar surface area (TPSA) is 80.7 Å². The van der Waals surface area contributed by atoms with Gasteiger partial charge in [-0.1, -0.05) is 45.4 Å². The average Bonchev–Trinajstić information content (AvgIpc) is 3.08. The fourth-order valence-electron chi connectivity index (χ4n) is 8.19. The zero-order chi connectivity index (χ0) is 25.9. The second-order valence-electron chi connectivity index (χ2n) is 13.1. The van der Waals surface area contributed by atoms with Crippen molar-refractivity contribution in [3.8, 4) is 0 Å². The summed E-state index contributed by atoms with van der Waals surface area (Å²) in [5.41, 5.74) is -0.0238. The zero-order valence-electron chi connectivity index (χ0n) is 22.6. The van der Waals surface area contributed by atoms with Crippen molar-refractivity contribution < 1.29 is 24.2 Å². The van der Waals surface area contributed by atoms with Crippen LogP contribution >= 0.6 is 0 Å². The molecule has 1 N–H and O–H groups in total. The zero-order valence-corrected chi connectivity index (χ0v) is 22.6. The van der Waals surface area contributed by atoms with Crippen molar-refractivity contribution in [2.24, 2.45) is 46.3 Å². The lowest BCUT2D eigenvalue weighted by Crippen LogP contribution is -2.57. The molecule has 9 atom stereocenters. The number of esters is 1. The minimum Gasteiger partial charge on any atom is -0.462 e. The maximum absolute atomic E-state index is 13.4.